The van der Waals surface area contributed by atoms with E-state index < -0.39 is 11.9 Å². The number of carboxylic acid groups (broad SMARTS) is 1. The summed E-state index contributed by atoms with van der Waals surface area (Å²) in [5.74, 6) is -1.70. The van der Waals surface area contributed by atoms with Crippen molar-refractivity contribution >= 4 is 17.3 Å². The highest BCUT2D eigenvalue weighted by Gasteiger charge is 2.32. The van der Waals surface area contributed by atoms with E-state index in [1.54, 1.807) is 18.2 Å². The number of fused-ring (bicyclic) bond motifs is 1. The molecule has 1 aromatic heterocycles. The van der Waals surface area contributed by atoms with E-state index >= 15 is 0 Å². The van der Waals surface area contributed by atoms with E-state index in [1.165, 1.54) is 17.4 Å². The SMILES string of the molecule is O=C(O)C1CCc2sc(-c3ccccc3F)nc21. The highest BCUT2D eigenvalue weighted by Crippen LogP contribution is 2.40. The van der Waals surface area contributed by atoms with Crippen molar-refractivity contribution in [1.29, 1.82) is 0 Å². The Bertz CT molecular complexity index is 623. The lowest BCUT2D eigenvalue weighted by molar-refractivity contribution is -0.138. The third-order valence-corrected chi connectivity index (χ3v) is 4.28. The van der Waals surface area contributed by atoms with Gasteiger partial charge in [0.15, 0.2) is 0 Å². The fraction of sp³-hybridized carbons (Fsp3) is 0.231. The molecule has 2 aromatic rings. The summed E-state index contributed by atoms with van der Waals surface area (Å²) in [5.41, 5.74) is 1.06. The number of hydrogen-bond acceptors (Lipinski definition) is 3. The molecule has 92 valence electrons. The quantitative estimate of drug-likeness (QED) is 0.906. The zero-order valence-electron chi connectivity index (χ0n) is 9.39. The fourth-order valence-corrected chi connectivity index (χ4v) is 3.38. The molecule has 0 radical (unpaired) electrons. The summed E-state index contributed by atoms with van der Waals surface area (Å²) in [5, 5.41) is 9.66. The highest BCUT2D eigenvalue weighted by molar-refractivity contribution is 7.15. The minimum atomic E-state index is -0.848. The monoisotopic (exact) mass is 263 g/mol. The van der Waals surface area contributed by atoms with Gasteiger partial charge in [-0.1, -0.05) is 12.1 Å². The van der Waals surface area contributed by atoms with Crippen molar-refractivity contribution < 1.29 is 14.3 Å². The molecule has 0 bridgehead atoms. The number of carbonyl (C=O) groups is 1. The number of aromatic nitrogens is 1. The number of hydrogen-bond donors (Lipinski definition) is 1. The molecule has 1 aromatic carbocycles. The Morgan fingerprint density at radius 2 is 2.22 bits per heavy atom. The molecule has 3 nitrogen and oxygen atoms in total. The maximum Gasteiger partial charge on any atom is 0.312 e. The molecule has 0 saturated carbocycles. The summed E-state index contributed by atoms with van der Waals surface area (Å²) in [6.07, 6.45) is 1.32. The van der Waals surface area contributed by atoms with Crippen molar-refractivity contribution in [2.45, 2.75) is 18.8 Å². The molecule has 3 rings (SSSR count). The van der Waals surface area contributed by atoms with Crippen molar-refractivity contribution in [2.75, 3.05) is 0 Å². The first-order valence-electron chi connectivity index (χ1n) is 5.64. The lowest BCUT2D eigenvalue weighted by Gasteiger charge is -2.02. The molecule has 1 heterocycles. The molecular formula is C13H10FNO2S. The molecular weight excluding hydrogens is 253 g/mol. The Morgan fingerprint density at radius 3 is 2.94 bits per heavy atom. The van der Waals surface area contributed by atoms with Crippen LogP contribution in [0.25, 0.3) is 10.6 Å². The van der Waals surface area contributed by atoms with Crippen LogP contribution in [-0.2, 0) is 11.2 Å². The highest BCUT2D eigenvalue weighted by atomic mass is 32.1. The second-order valence-corrected chi connectivity index (χ2v) is 5.32. The van der Waals surface area contributed by atoms with Gasteiger partial charge in [0, 0.05) is 10.4 Å². The normalized spacial score (nSPS) is 17.7. The van der Waals surface area contributed by atoms with E-state index in [0.717, 1.165) is 11.3 Å². The predicted molar refractivity (Wildman–Crippen MR) is 66.2 cm³/mol. The van der Waals surface area contributed by atoms with E-state index in [2.05, 4.69) is 4.98 Å². The summed E-state index contributed by atoms with van der Waals surface area (Å²) < 4.78 is 13.6. The first kappa shape index (κ1) is 11.3. The summed E-state index contributed by atoms with van der Waals surface area (Å²) in [6.45, 7) is 0. The van der Waals surface area contributed by atoms with Crippen LogP contribution in [0.1, 0.15) is 22.9 Å². The molecule has 1 N–H and O–H groups in total. The number of halogens is 1. The van der Waals surface area contributed by atoms with E-state index in [1.807, 2.05) is 0 Å². The molecule has 5 heteroatoms. The number of nitrogens with zero attached hydrogens (tertiary/aromatic N) is 1. The predicted octanol–water partition coefficient (Wildman–Crippen LogP) is 3.06. The first-order valence-corrected chi connectivity index (χ1v) is 6.46. The molecule has 0 spiro atoms. The van der Waals surface area contributed by atoms with Crippen molar-refractivity contribution in [2.24, 2.45) is 0 Å². The van der Waals surface area contributed by atoms with Gasteiger partial charge in [-0.15, -0.1) is 11.3 Å². The van der Waals surface area contributed by atoms with Crippen LogP contribution in [0.3, 0.4) is 0 Å². The number of rotatable bonds is 2. The second kappa shape index (κ2) is 4.17. The molecule has 0 amide bonds. The number of thiazole rings is 1. The molecule has 1 unspecified atom stereocenters. The Kier molecular flexibility index (Phi) is 2.63. The number of carboxylic acids is 1. The zero-order chi connectivity index (χ0) is 12.7. The standard InChI is InChI=1S/C13H10FNO2S/c14-9-4-2-1-3-7(9)12-15-11-8(13(16)17)5-6-10(11)18-12/h1-4,8H,5-6H2,(H,16,17). The number of aryl methyl sites for hydroxylation is 1. The van der Waals surface area contributed by atoms with Crippen molar-refractivity contribution in [3.63, 3.8) is 0 Å². The Hall–Kier alpha value is -1.75. The van der Waals surface area contributed by atoms with Gasteiger partial charge < -0.3 is 5.11 Å². The maximum absolute atomic E-state index is 13.6. The summed E-state index contributed by atoms with van der Waals surface area (Å²) in [6, 6.07) is 6.43. The van der Waals surface area contributed by atoms with E-state index in [-0.39, 0.29) is 5.82 Å². The molecule has 1 atom stereocenters. The van der Waals surface area contributed by atoms with E-state index in [0.29, 0.717) is 22.7 Å². The average molecular weight is 263 g/mol. The van der Waals surface area contributed by atoms with Crippen LogP contribution >= 0.6 is 11.3 Å². The minimum absolute atomic E-state index is 0.322. The maximum atomic E-state index is 13.6. The molecule has 1 aliphatic carbocycles. The van der Waals surface area contributed by atoms with Crippen LogP contribution in [0.2, 0.25) is 0 Å². The topological polar surface area (TPSA) is 50.2 Å². The Balaban J connectivity index is 2.05. The van der Waals surface area contributed by atoms with Crippen molar-refractivity contribution in [1.82, 2.24) is 4.98 Å². The zero-order valence-corrected chi connectivity index (χ0v) is 10.2. The molecule has 0 aliphatic heterocycles. The molecule has 18 heavy (non-hydrogen) atoms. The molecule has 0 fully saturated rings. The van der Waals surface area contributed by atoms with Gasteiger partial charge in [0.25, 0.3) is 0 Å². The Labute approximate surface area is 107 Å². The van der Waals surface area contributed by atoms with Gasteiger partial charge in [-0.3, -0.25) is 4.79 Å². The van der Waals surface area contributed by atoms with E-state index in [9.17, 15) is 9.18 Å². The summed E-state index contributed by atoms with van der Waals surface area (Å²) >= 11 is 1.40. The van der Waals surface area contributed by atoms with Gasteiger partial charge >= 0.3 is 5.97 Å². The summed E-state index contributed by atoms with van der Waals surface area (Å²) in [4.78, 5) is 16.4. The molecule has 0 saturated heterocycles. The lowest BCUT2D eigenvalue weighted by Crippen LogP contribution is -2.08. The van der Waals surface area contributed by atoms with Gasteiger partial charge in [0.1, 0.15) is 16.7 Å². The van der Waals surface area contributed by atoms with Crippen LogP contribution < -0.4 is 0 Å². The van der Waals surface area contributed by atoms with Crippen LogP contribution in [0, 0.1) is 5.82 Å². The van der Waals surface area contributed by atoms with Gasteiger partial charge in [0.2, 0.25) is 0 Å². The van der Waals surface area contributed by atoms with Gasteiger partial charge in [-0.05, 0) is 25.0 Å². The fourth-order valence-electron chi connectivity index (χ4n) is 2.22. The first-order chi connectivity index (χ1) is 8.66. The van der Waals surface area contributed by atoms with E-state index in [4.69, 9.17) is 5.11 Å². The number of aliphatic carboxylic acids is 1. The Morgan fingerprint density at radius 1 is 1.44 bits per heavy atom. The van der Waals surface area contributed by atoms with Crippen LogP contribution in [0.4, 0.5) is 4.39 Å². The van der Waals surface area contributed by atoms with Gasteiger partial charge in [0.05, 0.1) is 5.69 Å². The smallest absolute Gasteiger partial charge is 0.312 e. The lowest BCUT2D eigenvalue weighted by atomic mass is 10.1. The van der Waals surface area contributed by atoms with Crippen molar-refractivity contribution in [3.8, 4) is 10.6 Å². The minimum Gasteiger partial charge on any atom is -0.481 e. The van der Waals surface area contributed by atoms with Gasteiger partial charge in [-0.25, -0.2) is 9.37 Å². The second-order valence-electron chi connectivity index (χ2n) is 4.24. The largest absolute Gasteiger partial charge is 0.481 e. The van der Waals surface area contributed by atoms with Crippen LogP contribution in [0.15, 0.2) is 24.3 Å². The average Bonchev–Trinajstić information content (AvgIpc) is 2.88. The van der Waals surface area contributed by atoms with Crippen LogP contribution in [-0.4, -0.2) is 16.1 Å². The third kappa shape index (κ3) is 1.71. The van der Waals surface area contributed by atoms with Crippen LogP contribution in [0.5, 0.6) is 0 Å². The van der Waals surface area contributed by atoms with Gasteiger partial charge in [-0.2, -0.15) is 0 Å². The summed E-state index contributed by atoms with van der Waals surface area (Å²) in [7, 11) is 0. The third-order valence-electron chi connectivity index (χ3n) is 3.12. The molecule has 1 aliphatic rings. The van der Waals surface area contributed by atoms with Crippen molar-refractivity contribution in [3.05, 3.63) is 40.7 Å². The number of benzene rings is 1.